The Morgan fingerprint density at radius 2 is 1.96 bits per heavy atom. The van der Waals surface area contributed by atoms with E-state index in [1.165, 1.54) is 13.2 Å². The molecule has 0 aliphatic heterocycles. The molecular weight excluding hydrogens is 546 g/mol. The van der Waals surface area contributed by atoms with Crippen molar-refractivity contribution >= 4 is 78.2 Å². The highest BCUT2D eigenvalue weighted by atomic mass is 127. The normalized spacial score (nSPS) is 10.5. The predicted molar refractivity (Wildman–Crippen MR) is 121 cm³/mol. The number of carbonyl (C=O) groups excluding carboxylic acids is 1. The lowest BCUT2D eigenvalue weighted by Gasteiger charge is -2.15. The van der Waals surface area contributed by atoms with Crippen molar-refractivity contribution in [2.75, 3.05) is 12.4 Å². The van der Waals surface area contributed by atoms with Gasteiger partial charge in [0.1, 0.15) is 11.6 Å². The zero-order valence-corrected chi connectivity index (χ0v) is 18.5. The van der Waals surface area contributed by atoms with Crippen LogP contribution in [0.5, 0.6) is 5.75 Å². The Bertz CT molecular complexity index is 1060. The average Bonchev–Trinajstić information content (AvgIpc) is 2.64. The van der Waals surface area contributed by atoms with Crippen LogP contribution in [0, 0.1) is 9.39 Å². The quantitative estimate of drug-likeness (QED) is 0.330. The van der Waals surface area contributed by atoms with Crippen LogP contribution >= 0.6 is 50.7 Å². The van der Waals surface area contributed by atoms with E-state index in [1.807, 2.05) is 46.9 Å². The minimum Gasteiger partial charge on any atom is -0.495 e. The number of methoxy groups -OCH3 is 1. The fourth-order valence-corrected chi connectivity index (χ4v) is 3.96. The van der Waals surface area contributed by atoms with E-state index in [1.54, 1.807) is 18.2 Å². The van der Waals surface area contributed by atoms with E-state index in [0.29, 0.717) is 15.8 Å². The van der Waals surface area contributed by atoms with Gasteiger partial charge in [-0.25, -0.2) is 4.39 Å². The Hall–Kier alpha value is -1.78. The van der Waals surface area contributed by atoms with Crippen molar-refractivity contribution in [3.8, 4) is 5.75 Å². The van der Waals surface area contributed by atoms with Gasteiger partial charge in [0.2, 0.25) is 0 Å². The van der Waals surface area contributed by atoms with Gasteiger partial charge in [0.05, 0.1) is 22.8 Å². The Morgan fingerprint density at radius 3 is 2.67 bits per heavy atom. The first kappa shape index (κ1) is 20.0. The third-order valence-electron chi connectivity index (χ3n) is 3.80. The van der Waals surface area contributed by atoms with E-state index in [0.717, 1.165) is 14.3 Å². The van der Waals surface area contributed by atoms with Crippen LogP contribution in [0.4, 0.5) is 10.1 Å². The number of nitrogens with one attached hydrogen (secondary N) is 2. The molecule has 138 valence electrons. The number of halogens is 3. The van der Waals surface area contributed by atoms with Crippen LogP contribution in [0.25, 0.3) is 10.8 Å². The maximum absolute atomic E-state index is 14.0. The molecule has 0 aliphatic carbocycles. The maximum Gasteiger partial charge on any atom is 0.261 e. The third-order valence-corrected chi connectivity index (χ3v) is 5.46. The molecule has 0 bridgehead atoms. The zero-order chi connectivity index (χ0) is 19.6. The van der Waals surface area contributed by atoms with Gasteiger partial charge in [-0.3, -0.25) is 10.1 Å². The molecule has 27 heavy (non-hydrogen) atoms. The van der Waals surface area contributed by atoms with Gasteiger partial charge in [-0.05, 0) is 85.8 Å². The summed E-state index contributed by atoms with van der Waals surface area (Å²) in [4.78, 5) is 12.7. The molecule has 0 aliphatic rings. The minimum absolute atomic E-state index is 0.00792. The second-order valence-corrected chi connectivity index (χ2v) is 7.97. The second-order valence-electron chi connectivity index (χ2n) is 5.52. The standard InChI is InChI=1S/C19H13BrFIN2O2S/c1-26-17-13(8-10-4-2-3-5-12(10)16(17)20)18(25)24-19(27)23-15-7-6-11(22)9-14(15)21/h2-9H,1H3,(H2,23,24,25,27). The summed E-state index contributed by atoms with van der Waals surface area (Å²) in [5, 5.41) is 7.05. The zero-order valence-electron chi connectivity index (χ0n) is 14.0. The molecule has 2 N–H and O–H groups in total. The van der Waals surface area contributed by atoms with Crippen molar-refractivity contribution < 1.29 is 13.9 Å². The number of rotatable bonds is 3. The van der Waals surface area contributed by atoms with Crippen molar-refractivity contribution in [2.45, 2.75) is 0 Å². The van der Waals surface area contributed by atoms with Crippen LogP contribution < -0.4 is 15.4 Å². The Labute approximate surface area is 182 Å². The number of fused-ring (bicyclic) bond motifs is 1. The maximum atomic E-state index is 14.0. The fourth-order valence-electron chi connectivity index (χ4n) is 2.57. The highest BCUT2D eigenvalue weighted by molar-refractivity contribution is 14.1. The molecule has 0 heterocycles. The molecule has 0 aromatic heterocycles. The van der Waals surface area contributed by atoms with Gasteiger partial charge in [0, 0.05) is 3.57 Å². The lowest BCUT2D eigenvalue weighted by molar-refractivity contribution is 0.0975. The van der Waals surface area contributed by atoms with Crippen molar-refractivity contribution in [1.82, 2.24) is 5.32 Å². The molecule has 3 aromatic rings. The van der Waals surface area contributed by atoms with E-state index in [4.69, 9.17) is 17.0 Å². The van der Waals surface area contributed by atoms with Crippen molar-refractivity contribution in [3.05, 3.63) is 68.0 Å². The molecule has 0 fully saturated rings. The third kappa shape index (κ3) is 4.39. The summed E-state index contributed by atoms with van der Waals surface area (Å²) >= 11 is 10.7. The van der Waals surface area contributed by atoms with Gasteiger partial charge < -0.3 is 10.1 Å². The number of thiocarbonyl (C=S) groups is 1. The van der Waals surface area contributed by atoms with Crippen LogP contribution in [0.1, 0.15) is 10.4 Å². The average molecular weight is 559 g/mol. The van der Waals surface area contributed by atoms with Crippen molar-refractivity contribution in [1.29, 1.82) is 0 Å². The van der Waals surface area contributed by atoms with Gasteiger partial charge in [-0.2, -0.15) is 0 Å². The second kappa shape index (κ2) is 8.49. The van der Waals surface area contributed by atoms with Gasteiger partial charge in [0.15, 0.2) is 5.11 Å². The molecule has 1 amide bonds. The van der Waals surface area contributed by atoms with Crippen molar-refractivity contribution in [2.24, 2.45) is 0 Å². The van der Waals surface area contributed by atoms with Gasteiger partial charge in [-0.1, -0.05) is 24.3 Å². The summed E-state index contributed by atoms with van der Waals surface area (Å²) in [6.07, 6.45) is 0. The monoisotopic (exact) mass is 558 g/mol. The first-order valence-electron chi connectivity index (χ1n) is 7.73. The summed E-state index contributed by atoms with van der Waals surface area (Å²) < 4.78 is 20.8. The van der Waals surface area contributed by atoms with Gasteiger partial charge in [-0.15, -0.1) is 0 Å². The summed E-state index contributed by atoms with van der Waals surface area (Å²) in [7, 11) is 1.49. The molecule has 0 saturated carbocycles. The van der Waals surface area contributed by atoms with Gasteiger partial charge >= 0.3 is 0 Å². The Balaban J connectivity index is 1.86. The Morgan fingerprint density at radius 1 is 1.22 bits per heavy atom. The Kier molecular flexibility index (Phi) is 6.28. The number of hydrogen-bond donors (Lipinski definition) is 2. The van der Waals surface area contributed by atoms with Crippen LogP contribution in [0.2, 0.25) is 0 Å². The highest BCUT2D eigenvalue weighted by Crippen LogP contribution is 2.36. The van der Waals surface area contributed by atoms with Gasteiger partial charge in [0.25, 0.3) is 5.91 Å². The van der Waals surface area contributed by atoms with Crippen LogP contribution in [-0.2, 0) is 0 Å². The molecule has 0 unspecified atom stereocenters. The first-order chi connectivity index (χ1) is 12.9. The van der Waals surface area contributed by atoms with E-state index in [2.05, 4.69) is 26.6 Å². The number of ether oxygens (including phenoxy) is 1. The summed E-state index contributed by atoms with van der Waals surface area (Å²) in [5.74, 6) is -0.513. The number of amides is 1. The number of anilines is 1. The SMILES string of the molecule is COc1c(C(=O)NC(=S)Nc2ccc(I)cc2F)cc2ccccc2c1Br. The molecule has 0 saturated heterocycles. The molecule has 3 aromatic carbocycles. The summed E-state index contributed by atoms with van der Waals surface area (Å²) in [5.41, 5.74) is 0.502. The molecule has 0 spiro atoms. The summed E-state index contributed by atoms with van der Waals surface area (Å²) in [6.45, 7) is 0. The van der Waals surface area contributed by atoms with E-state index in [9.17, 15) is 9.18 Å². The van der Waals surface area contributed by atoms with Crippen LogP contribution in [0.3, 0.4) is 0 Å². The van der Waals surface area contributed by atoms with E-state index < -0.39 is 11.7 Å². The van der Waals surface area contributed by atoms with E-state index in [-0.39, 0.29) is 10.8 Å². The minimum atomic E-state index is -0.457. The van der Waals surface area contributed by atoms with Crippen LogP contribution in [0.15, 0.2) is 53.0 Å². The van der Waals surface area contributed by atoms with Crippen LogP contribution in [-0.4, -0.2) is 18.1 Å². The highest BCUT2D eigenvalue weighted by Gasteiger charge is 2.19. The largest absolute Gasteiger partial charge is 0.495 e. The lowest BCUT2D eigenvalue weighted by Crippen LogP contribution is -2.34. The number of hydrogen-bond acceptors (Lipinski definition) is 3. The van der Waals surface area contributed by atoms with Crippen molar-refractivity contribution in [3.63, 3.8) is 0 Å². The summed E-state index contributed by atoms with van der Waals surface area (Å²) in [6, 6.07) is 14.0. The smallest absolute Gasteiger partial charge is 0.261 e. The number of benzene rings is 3. The lowest BCUT2D eigenvalue weighted by atomic mass is 10.1. The first-order valence-corrected chi connectivity index (χ1v) is 10.0. The molecular formula is C19H13BrFIN2O2S. The molecule has 0 radical (unpaired) electrons. The fraction of sp³-hybridized carbons (Fsp3) is 0.0526. The molecule has 0 atom stereocenters. The molecule has 3 rings (SSSR count). The predicted octanol–water partition coefficient (Wildman–Crippen LogP) is 5.48. The molecule has 4 nitrogen and oxygen atoms in total. The van der Waals surface area contributed by atoms with E-state index >= 15 is 0 Å². The number of carbonyl (C=O) groups is 1. The molecule has 8 heteroatoms. The topological polar surface area (TPSA) is 50.4 Å².